The first-order chi connectivity index (χ1) is 20.3. The average Bonchev–Trinajstić information content (AvgIpc) is 2.96. The van der Waals surface area contributed by atoms with E-state index in [4.69, 9.17) is 23.2 Å². The second kappa shape index (κ2) is 14.1. The third-order valence-corrected chi connectivity index (χ3v) is 10.4. The highest BCUT2D eigenvalue weighted by atomic mass is 35.5. The summed E-state index contributed by atoms with van der Waals surface area (Å²) in [4.78, 5) is 29.2. The lowest BCUT2D eigenvalue weighted by molar-refractivity contribution is -0.139. The molecule has 1 atom stereocenters. The summed E-state index contributed by atoms with van der Waals surface area (Å²) in [5.74, 6) is -0.799. The Hall–Kier alpha value is -3.07. The second-order valence-electron chi connectivity index (χ2n) is 11.5. The number of rotatable bonds is 10. The van der Waals surface area contributed by atoms with Crippen molar-refractivity contribution in [2.75, 3.05) is 10.8 Å². The summed E-state index contributed by atoms with van der Waals surface area (Å²) >= 11 is 12.4. The predicted octanol–water partition coefficient (Wildman–Crippen LogP) is 6.98. The largest absolute Gasteiger partial charge is 0.352 e. The van der Waals surface area contributed by atoms with Crippen molar-refractivity contribution in [1.82, 2.24) is 10.2 Å². The van der Waals surface area contributed by atoms with Crippen molar-refractivity contribution in [2.24, 2.45) is 0 Å². The van der Waals surface area contributed by atoms with Crippen LogP contribution in [0.2, 0.25) is 10.0 Å². The molecule has 0 heterocycles. The summed E-state index contributed by atoms with van der Waals surface area (Å²) in [5, 5.41) is 3.81. The summed E-state index contributed by atoms with van der Waals surface area (Å²) in [6.07, 6.45) is 5.04. The molecule has 0 spiro atoms. The monoisotopic (exact) mass is 643 g/mol. The van der Waals surface area contributed by atoms with Gasteiger partial charge in [0.2, 0.25) is 11.8 Å². The van der Waals surface area contributed by atoms with E-state index in [0.29, 0.717) is 21.3 Å². The van der Waals surface area contributed by atoms with Gasteiger partial charge in [0.05, 0.1) is 20.6 Å². The molecular formula is C33H39Cl2N3O4S. The summed E-state index contributed by atoms with van der Waals surface area (Å²) in [6, 6.07) is 16.2. The van der Waals surface area contributed by atoms with Crippen LogP contribution in [0.15, 0.2) is 65.6 Å². The Morgan fingerprint density at radius 2 is 1.49 bits per heavy atom. The topological polar surface area (TPSA) is 86.8 Å². The van der Waals surface area contributed by atoms with Gasteiger partial charge in [-0.1, -0.05) is 72.3 Å². The van der Waals surface area contributed by atoms with E-state index in [1.807, 2.05) is 26.8 Å². The quantitative estimate of drug-likeness (QED) is 0.258. The van der Waals surface area contributed by atoms with E-state index in [-0.39, 0.29) is 23.4 Å². The van der Waals surface area contributed by atoms with Crippen LogP contribution in [-0.2, 0) is 26.2 Å². The number of hydrogen-bond acceptors (Lipinski definition) is 4. The van der Waals surface area contributed by atoms with Crippen LogP contribution in [0.25, 0.3) is 0 Å². The molecule has 0 unspecified atom stereocenters. The molecule has 1 aliphatic rings. The first kappa shape index (κ1) is 32.8. The normalized spacial score (nSPS) is 14.7. The SMILES string of the molecule is Cc1ccc(S(=O)(=O)N(CC(=O)N(Cc2ccc(Cl)c(Cl)c2)[C@@H](C)C(=O)NC2CCCCC2)c2cc(C)cc(C)c2)cc1. The molecule has 1 aliphatic carbocycles. The number of halogens is 2. The van der Waals surface area contributed by atoms with Crippen LogP contribution in [0, 0.1) is 20.8 Å². The number of anilines is 1. The van der Waals surface area contributed by atoms with Crippen molar-refractivity contribution in [3.05, 3.63) is 93.0 Å². The minimum absolute atomic E-state index is 0.0419. The van der Waals surface area contributed by atoms with Gasteiger partial charge in [-0.3, -0.25) is 13.9 Å². The molecule has 4 rings (SSSR count). The van der Waals surface area contributed by atoms with E-state index in [0.717, 1.165) is 53.1 Å². The Labute approximate surface area is 265 Å². The van der Waals surface area contributed by atoms with Crippen molar-refractivity contribution in [2.45, 2.75) is 83.3 Å². The molecule has 0 aromatic heterocycles. The number of carbonyl (C=O) groups is 2. The lowest BCUT2D eigenvalue weighted by Gasteiger charge is -2.33. The number of nitrogens with one attached hydrogen (secondary N) is 1. The van der Waals surface area contributed by atoms with Crippen LogP contribution in [0.5, 0.6) is 0 Å². The van der Waals surface area contributed by atoms with E-state index in [1.54, 1.807) is 61.5 Å². The lowest BCUT2D eigenvalue weighted by Crippen LogP contribution is -2.53. The molecule has 0 bridgehead atoms. The zero-order valence-electron chi connectivity index (χ0n) is 25.1. The minimum atomic E-state index is -4.14. The van der Waals surface area contributed by atoms with E-state index < -0.39 is 28.5 Å². The zero-order chi connectivity index (χ0) is 31.3. The first-order valence-electron chi connectivity index (χ1n) is 14.6. The summed E-state index contributed by atoms with van der Waals surface area (Å²) in [6.45, 7) is 6.85. The average molecular weight is 645 g/mol. The zero-order valence-corrected chi connectivity index (χ0v) is 27.4. The molecule has 0 aliphatic heterocycles. The third kappa shape index (κ3) is 8.31. The smallest absolute Gasteiger partial charge is 0.264 e. The van der Waals surface area contributed by atoms with E-state index in [2.05, 4.69) is 5.32 Å². The molecule has 0 radical (unpaired) electrons. The number of sulfonamides is 1. The number of amides is 2. The van der Waals surface area contributed by atoms with Gasteiger partial charge < -0.3 is 10.2 Å². The molecule has 3 aromatic carbocycles. The molecule has 1 saturated carbocycles. The summed E-state index contributed by atoms with van der Waals surface area (Å²) in [7, 11) is -4.14. The van der Waals surface area contributed by atoms with Gasteiger partial charge in [0.1, 0.15) is 12.6 Å². The number of nitrogens with zero attached hydrogens (tertiary/aromatic N) is 2. The van der Waals surface area contributed by atoms with Gasteiger partial charge in [-0.25, -0.2) is 8.42 Å². The van der Waals surface area contributed by atoms with Gasteiger partial charge in [0, 0.05) is 12.6 Å². The van der Waals surface area contributed by atoms with Gasteiger partial charge in [0.25, 0.3) is 10.0 Å². The number of benzene rings is 3. The van der Waals surface area contributed by atoms with Crippen LogP contribution in [0.4, 0.5) is 5.69 Å². The number of carbonyl (C=O) groups excluding carboxylic acids is 2. The highest BCUT2D eigenvalue weighted by Crippen LogP contribution is 2.28. The van der Waals surface area contributed by atoms with Crippen molar-refractivity contribution >= 4 is 50.7 Å². The molecule has 0 saturated heterocycles. The van der Waals surface area contributed by atoms with Crippen LogP contribution >= 0.6 is 23.2 Å². The number of aryl methyl sites for hydroxylation is 3. The Kier molecular flexibility index (Phi) is 10.8. The summed E-state index contributed by atoms with van der Waals surface area (Å²) in [5.41, 5.74) is 3.68. The predicted molar refractivity (Wildman–Crippen MR) is 173 cm³/mol. The Morgan fingerprint density at radius 3 is 2.09 bits per heavy atom. The molecule has 7 nitrogen and oxygen atoms in total. The maximum Gasteiger partial charge on any atom is 0.264 e. The maximum absolute atomic E-state index is 14.2. The fourth-order valence-electron chi connectivity index (χ4n) is 5.45. The lowest BCUT2D eigenvalue weighted by atomic mass is 9.95. The summed E-state index contributed by atoms with van der Waals surface area (Å²) < 4.78 is 29.3. The van der Waals surface area contributed by atoms with Gasteiger partial charge in [-0.15, -0.1) is 0 Å². The van der Waals surface area contributed by atoms with Crippen LogP contribution < -0.4 is 9.62 Å². The van der Waals surface area contributed by atoms with Gasteiger partial charge in [-0.05, 0) is 93.6 Å². The van der Waals surface area contributed by atoms with Crippen molar-refractivity contribution in [3.8, 4) is 0 Å². The van der Waals surface area contributed by atoms with Crippen molar-refractivity contribution in [3.63, 3.8) is 0 Å². The number of hydrogen-bond donors (Lipinski definition) is 1. The molecule has 230 valence electrons. The molecule has 43 heavy (non-hydrogen) atoms. The fourth-order valence-corrected chi connectivity index (χ4v) is 7.17. The highest BCUT2D eigenvalue weighted by Gasteiger charge is 2.33. The first-order valence-corrected chi connectivity index (χ1v) is 16.8. The maximum atomic E-state index is 14.2. The van der Waals surface area contributed by atoms with Gasteiger partial charge in [-0.2, -0.15) is 0 Å². The standard InChI is InChI=1S/C33H39Cl2N3O4S/c1-22-10-13-29(14-11-22)43(41,42)38(28-17-23(2)16-24(3)18-28)21-32(39)37(20-26-12-15-30(34)31(35)19-26)25(4)33(40)36-27-8-6-5-7-9-27/h10-19,25,27H,5-9,20-21H2,1-4H3,(H,36,40)/t25-/m0/s1. The van der Waals surface area contributed by atoms with Crippen LogP contribution in [0.1, 0.15) is 61.3 Å². The van der Waals surface area contributed by atoms with Crippen LogP contribution in [-0.4, -0.2) is 43.8 Å². The Morgan fingerprint density at radius 1 is 0.860 bits per heavy atom. The molecule has 2 amide bonds. The van der Waals surface area contributed by atoms with E-state index >= 15 is 0 Å². The fraction of sp³-hybridized carbons (Fsp3) is 0.394. The van der Waals surface area contributed by atoms with Crippen LogP contribution in [0.3, 0.4) is 0 Å². The van der Waals surface area contributed by atoms with Crippen molar-refractivity contribution in [1.29, 1.82) is 0 Å². The second-order valence-corrected chi connectivity index (χ2v) is 14.1. The third-order valence-electron chi connectivity index (χ3n) is 7.84. The molecule has 10 heteroatoms. The highest BCUT2D eigenvalue weighted by molar-refractivity contribution is 7.92. The Bertz CT molecular complexity index is 1550. The van der Waals surface area contributed by atoms with Crippen molar-refractivity contribution < 1.29 is 18.0 Å². The van der Waals surface area contributed by atoms with E-state index in [9.17, 15) is 18.0 Å². The van der Waals surface area contributed by atoms with Gasteiger partial charge >= 0.3 is 0 Å². The van der Waals surface area contributed by atoms with Gasteiger partial charge in [0.15, 0.2) is 0 Å². The molecule has 1 fully saturated rings. The molecule has 1 N–H and O–H groups in total. The van der Waals surface area contributed by atoms with E-state index in [1.165, 1.54) is 4.90 Å². The minimum Gasteiger partial charge on any atom is -0.352 e. The Balaban J connectivity index is 1.71. The molecular weight excluding hydrogens is 605 g/mol. The molecule has 3 aromatic rings.